The zero-order valence-corrected chi connectivity index (χ0v) is 12.7. The Morgan fingerprint density at radius 1 is 1.33 bits per heavy atom. The smallest absolute Gasteiger partial charge is 0.246 e. The molecule has 21 heavy (non-hydrogen) atoms. The lowest BCUT2D eigenvalue weighted by Gasteiger charge is -2.18. The number of nitrogens with zero attached hydrogens (tertiary/aromatic N) is 2. The van der Waals surface area contributed by atoms with Gasteiger partial charge in [-0.15, -0.1) is 0 Å². The molecule has 0 saturated carbocycles. The Hall–Kier alpha value is -1.70. The largest absolute Gasteiger partial charge is 0.399 e. The van der Waals surface area contributed by atoms with Gasteiger partial charge in [0, 0.05) is 31.7 Å². The molecule has 0 atom stereocenters. The summed E-state index contributed by atoms with van der Waals surface area (Å²) in [5, 5.41) is -0.328. The normalized spacial score (nSPS) is 11.8. The molecule has 8 heteroatoms. The average Bonchev–Trinajstić information content (AvgIpc) is 2.43. The van der Waals surface area contributed by atoms with E-state index < -0.39 is 20.7 Å². The summed E-state index contributed by atoms with van der Waals surface area (Å²) in [5.41, 5.74) is 6.34. The fraction of sp³-hybridized carbons (Fsp3) is 0.154. The van der Waals surface area contributed by atoms with Crippen molar-refractivity contribution in [3.05, 3.63) is 53.1 Å². The van der Waals surface area contributed by atoms with E-state index in [2.05, 4.69) is 4.98 Å². The Balaban J connectivity index is 2.38. The highest BCUT2D eigenvalue weighted by Gasteiger charge is 2.26. The molecule has 0 aliphatic carbocycles. The molecule has 2 N–H and O–H groups in total. The zero-order valence-electron chi connectivity index (χ0n) is 11.1. The number of pyridine rings is 1. The minimum atomic E-state index is -4.04. The molecule has 0 aliphatic rings. The Labute approximate surface area is 127 Å². The summed E-state index contributed by atoms with van der Waals surface area (Å²) < 4.78 is 39.8. The van der Waals surface area contributed by atoms with Crippen LogP contribution >= 0.6 is 11.6 Å². The predicted molar refractivity (Wildman–Crippen MR) is 78.7 cm³/mol. The van der Waals surface area contributed by atoms with Gasteiger partial charge in [-0.1, -0.05) is 11.6 Å². The van der Waals surface area contributed by atoms with E-state index >= 15 is 0 Å². The minimum Gasteiger partial charge on any atom is -0.399 e. The van der Waals surface area contributed by atoms with Crippen LogP contribution in [0.4, 0.5) is 10.1 Å². The van der Waals surface area contributed by atoms with Crippen LogP contribution in [-0.2, 0) is 16.6 Å². The second kappa shape index (κ2) is 5.97. The van der Waals surface area contributed by atoms with E-state index in [0.29, 0.717) is 0 Å². The van der Waals surface area contributed by atoms with E-state index in [4.69, 9.17) is 17.3 Å². The maximum absolute atomic E-state index is 14.0. The molecule has 0 radical (unpaired) electrons. The molecule has 0 fully saturated rings. The molecule has 0 amide bonds. The molecule has 112 valence electrons. The zero-order chi connectivity index (χ0) is 15.6. The van der Waals surface area contributed by atoms with E-state index in [0.717, 1.165) is 15.9 Å². The van der Waals surface area contributed by atoms with E-state index in [1.807, 2.05) is 0 Å². The van der Waals surface area contributed by atoms with Crippen molar-refractivity contribution in [3.8, 4) is 0 Å². The number of rotatable bonds is 4. The fourth-order valence-corrected chi connectivity index (χ4v) is 3.33. The first-order valence-corrected chi connectivity index (χ1v) is 7.74. The fourth-order valence-electron chi connectivity index (χ4n) is 1.77. The van der Waals surface area contributed by atoms with Crippen molar-refractivity contribution in [1.29, 1.82) is 0 Å². The number of sulfonamides is 1. The van der Waals surface area contributed by atoms with Crippen molar-refractivity contribution < 1.29 is 12.8 Å². The summed E-state index contributed by atoms with van der Waals surface area (Å²) in [6.07, 6.45) is 3.10. The van der Waals surface area contributed by atoms with Gasteiger partial charge < -0.3 is 5.73 Å². The first kappa shape index (κ1) is 15.7. The van der Waals surface area contributed by atoms with Crippen LogP contribution in [0, 0.1) is 5.82 Å². The standard InChI is InChI=1S/C13H13ClFN3O2S/c1-18(8-9-2-4-17-5-3-9)21(19,20)12-7-10(16)6-11(14)13(12)15/h2-7H,8,16H2,1H3. The van der Waals surface area contributed by atoms with Crippen LogP contribution in [0.2, 0.25) is 5.02 Å². The summed E-state index contributed by atoms with van der Waals surface area (Å²) in [5.74, 6) is -1.01. The van der Waals surface area contributed by atoms with Crippen molar-refractivity contribution in [2.24, 2.45) is 0 Å². The Bertz CT molecular complexity index is 754. The molecule has 1 aromatic carbocycles. The van der Waals surface area contributed by atoms with E-state index in [-0.39, 0.29) is 17.3 Å². The monoisotopic (exact) mass is 329 g/mol. The molecule has 0 saturated heterocycles. The topological polar surface area (TPSA) is 76.3 Å². The summed E-state index contributed by atoms with van der Waals surface area (Å²) in [4.78, 5) is 3.31. The molecular weight excluding hydrogens is 317 g/mol. The third-order valence-corrected chi connectivity index (χ3v) is 4.94. The second-order valence-corrected chi connectivity index (χ2v) is 6.85. The van der Waals surface area contributed by atoms with Crippen molar-refractivity contribution in [3.63, 3.8) is 0 Å². The van der Waals surface area contributed by atoms with Gasteiger partial charge in [-0.2, -0.15) is 4.31 Å². The summed E-state index contributed by atoms with van der Waals surface area (Å²) in [6.45, 7) is 0.0801. The van der Waals surface area contributed by atoms with Crippen LogP contribution < -0.4 is 5.73 Å². The third-order valence-electron chi connectivity index (χ3n) is 2.86. The molecule has 0 spiro atoms. The second-order valence-electron chi connectivity index (χ2n) is 4.43. The molecule has 0 aliphatic heterocycles. The van der Waals surface area contributed by atoms with Gasteiger partial charge in [0.1, 0.15) is 4.90 Å². The van der Waals surface area contributed by atoms with Gasteiger partial charge in [0.15, 0.2) is 5.82 Å². The average molecular weight is 330 g/mol. The summed E-state index contributed by atoms with van der Waals surface area (Å²) in [7, 11) is -2.69. The molecular formula is C13H13ClFN3O2S. The first-order valence-electron chi connectivity index (χ1n) is 5.92. The maximum atomic E-state index is 14.0. The molecule has 1 heterocycles. The van der Waals surface area contributed by atoms with Crippen LogP contribution in [0.3, 0.4) is 0 Å². The van der Waals surface area contributed by atoms with Gasteiger partial charge in [0.05, 0.1) is 5.02 Å². The Kier molecular flexibility index (Phi) is 4.46. The van der Waals surface area contributed by atoms with E-state index in [9.17, 15) is 12.8 Å². The van der Waals surface area contributed by atoms with Crippen LogP contribution in [-0.4, -0.2) is 24.8 Å². The number of halogens is 2. The van der Waals surface area contributed by atoms with Crippen molar-refractivity contribution in [2.45, 2.75) is 11.4 Å². The summed E-state index contributed by atoms with van der Waals surface area (Å²) in [6, 6.07) is 5.57. The molecule has 0 bridgehead atoms. The highest BCUT2D eigenvalue weighted by molar-refractivity contribution is 7.89. The number of aromatic nitrogens is 1. The molecule has 2 aromatic rings. The van der Waals surface area contributed by atoms with Gasteiger partial charge in [-0.3, -0.25) is 4.98 Å². The lowest BCUT2D eigenvalue weighted by atomic mass is 10.3. The number of nitrogens with two attached hydrogens (primary N) is 1. The Morgan fingerprint density at radius 2 is 1.95 bits per heavy atom. The van der Waals surface area contributed by atoms with Crippen LogP contribution in [0.1, 0.15) is 5.56 Å². The van der Waals surface area contributed by atoms with E-state index in [1.165, 1.54) is 13.1 Å². The number of hydrogen-bond acceptors (Lipinski definition) is 4. The number of anilines is 1. The van der Waals surface area contributed by atoms with Crippen molar-refractivity contribution in [1.82, 2.24) is 9.29 Å². The highest BCUT2D eigenvalue weighted by atomic mass is 35.5. The number of hydrogen-bond donors (Lipinski definition) is 1. The van der Waals surface area contributed by atoms with Crippen LogP contribution in [0.15, 0.2) is 41.6 Å². The lowest BCUT2D eigenvalue weighted by Crippen LogP contribution is -2.27. The van der Waals surface area contributed by atoms with Gasteiger partial charge in [-0.05, 0) is 29.8 Å². The lowest BCUT2D eigenvalue weighted by molar-refractivity contribution is 0.460. The molecule has 0 unspecified atom stereocenters. The van der Waals surface area contributed by atoms with Gasteiger partial charge in [-0.25, -0.2) is 12.8 Å². The van der Waals surface area contributed by atoms with Crippen LogP contribution in [0.25, 0.3) is 0 Å². The predicted octanol–water partition coefficient (Wildman–Crippen LogP) is 2.28. The van der Waals surface area contributed by atoms with Gasteiger partial charge in [0.2, 0.25) is 10.0 Å². The summed E-state index contributed by atoms with van der Waals surface area (Å²) >= 11 is 5.64. The van der Waals surface area contributed by atoms with Crippen molar-refractivity contribution >= 4 is 27.3 Å². The molecule has 2 rings (SSSR count). The van der Waals surface area contributed by atoms with Crippen LogP contribution in [0.5, 0.6) is 0 Å². The Morgan fingerprint density at radius 3 is 2.57 bits per heavy atom. The van der Waals surface area contributed by atoms with Crippen molar-refractivity contribution in [2.75, 3.05) is 12.8 Å². The maximum Gasteiger partial charge on any atom is 0.246 e. The first-order chi connectivity index (χ1) is 9.82. The third kappa shape index (κ3) is 3.31. The quantitative estimate of drug-likeness (QED) is 0.873. The molecule has 5 nitrogen and oxygen atoms in total. The van der Waals surface area contributed by atoms with Gasteiger partial charge in [0.25, 0.3) is 0 Å². The minimum absolute atomic E-state index is 0.0801. The SMILES string of the molecule is CN(Cc1ccncc1)S(=O)(=O)c1cc(N)cc(Cl)c1F. The number of nitrogen functional groups attached to an aromatic ring is 1. The highest BCUT2D eigenvalue weighted by Crippen LogP contribution is 2.28. The van der Waals surface area contributed by atoms with E-state index in [1.54, 1.807) is 24.5 Å². The number of benzene rings is 1. The molecule has 1 aromatic heterocycles. The van der Waals surface area contributed by atoms with Gasteiger partial charge >= 0.3 is 0 Å².